The van der Waals surface area contributed by atoms with Crippen LogP contribution < -0.4 is 0 Å². The van der Waals surface area contributed by atoms with Gasteiger partial charge in [0.15, 0.2) is 5.17 Å². The molecular weight excluding hydrogens is 370 g/mol. The Hall–Kier alpha value is -2.68. The van der Waals surface area contributed by atoms with E-state index in [1.54, 1.807) is 39.0 Å². The van der Waals surface area contributed by atoms with Gasteiger partial charge < -0.3 is 4.74 Å². The van der Waals surface area contributed by atoms with E-state index < -0.39 is 16.9 Å². The predicted molar refractivity (Wildman–Crippen MR) is 101 cm³/mol. The van der Waals surface area contributed by atoms with Gasteiger partial charge in [0.2, 0.25) is 5.91 Å². The normalized spacial score (nSPS) is 19.7. The fraction of sp³-hybridized carbons (Fsp3) is 0.389. The highest BCUT2D eigenvalue weighted by molar-refractivity contribution is 8.14. The molecule has 2 heterocycles. The van der Waals surface area contributed by atoms with Crippen LogP contribution in [0.15, 0.2) is 40.5 Å². The number of thioether (sulfide) groups is 1. The number of nitro groups is 1. The molecule has 0 radical (unpaired) electrons. The summed E-state index contributed by atoms with van der Waals surface area (Å²) in [5.41, 5.74) is 0.658. The van der Waals surface area contributed by atoms with Gasteiger partial charge in [0.1, 0.15) is 6.04 Å². The van der Waals surface area contributed by atoms with Gasteiger partial charge >= 0.3 is 5.97 Å². The fourth-order valence-electron chi connectivity index (χ4n) is 3.11. The van der Waals surface area contributed by atoms with Gasteiger partial charge in [-0.3, -0.25) is 19.8 Å². The van der Waals surface area contributed by atoms with Crippen LogP contribution in [-0.2, 0) is 14.3 Å². The molecule has 8 nitrogen and oxygen atoms in total. The summed E-state index contributed by atoms with van der Waals surface area (Å²) in [5, 5.41) is 12.0. The molecule has 1 fully saturated rings. The van der Waals surface area contributed by atoms with Crippen molar-refractivity contribution in [1.29, 1.82) is 0 Å². The third kappa shape index (κ3) is 3.59. The molecule has 1 aromatic carbocycles. The van der Waals surface area contributed by atoms with Gasteiger partial charge in [0, 0.05) is 18.2 Å². The smallest absolute Gasteiger partial charge is 0.338 e. The van der Waals surface area contributed by atoms with E-state index in [0.717, 1.165) is 0 Å². The van der Waals surface area contributed by atoms with Crippen LogP contribution in [0.1, 0.15) is 38.8 Å². The Kier molecular flexibility index (Phi) is 5.31. The maximum absolute atomic E-state index is 12.8. The first kappa shape index (κ1) is 19.1. The number of amidine groups is 1. The minimum absolute atomic E-state index is 0.151. The van der Waals surface area contributed by atoms with Gasteiger partial charge in [-0.25, -0.2) is 9.79 Å². The van der Waals surface area contributed by atoms with Crippen LogP contribution >= 0.6 is 11.8 Å². The Labute approximate surface area is 160 Å². The van der Waals surface area contributed by atoms with Crippen molar-refractivity contribution in [2.45, 2.75) is 39.3 Å². The number of hydrogen-bond acceptors (Lipinski definition) is 7. The molecule has 0 unspecified atom stereocenters. The van der Waals surface area contributed by atoms with Crippen LogP contribution in [0, 0.1) is 10.1 Å². The maximum atomic E-state index is 12.8. The van der Waals surface area contributed by atoms with E-state index in [2.05, 4.69) is 4.99 Å². The first-order valence-corrected chi connectivity index (χ1v) is 9.48. The van der Waals surface area contributed by atoms with Crippen LogP contribution in [-0.4, -0.2) is 38.7 Å². The summed E-state index contributed by atoms with van der Waals surface area (Å²) >= 11 is 1.39. The minimum atomic E-state index is -0.939. The maximum Gasteiger partial charge on any atom is 0.338 e. The van der Waals surface area contributed by atoms with Crippen molar-refractivity contribution in [2.24, 2.45) is 4.99 Å². The van der Waals surface area contributed by atoms with E-state index in [1.807, 2.05) is 0 Å². The molecule has 0 aromatic heterocycles. The molecule has 0 aliphatic carbocycles. The quantitative estimate of drug-likeness (QED) is 0.445. The molecule has 1 amide bonds. The number of benzene rings is 1. The van der Waals surface area contributed by atoms with E-state index in [1.165, 1.54) is 22.7 Å². The Balaban J connectivity index is 2.22. The summed E-state index contributed by atoms with van der Waals surface area (Å²) in [6.45, 7) is 5.09. The molecule has 0 bridgehead atoms. The van der Waals surface area contributed by atoms with Crippen LogP contribution in [0.2, 0.25) is 0 Å². The van der Waals surface area contributed by atoms with Gasteiger partial charge in [-0.05, 0) is 26.8 Å². The lowest BCUT2D eigenvalue weighted by Gasteiger charge is -2.38. The number of allylic oxidation sites excluding steroid dienone is 1. The monoisotopic (exact) mass is 389 g/mol. The number of aliphatic imine (C=N–C) groups is 1. The van der Waals surface area contributed by atoms with Gasteiger partial charge in [-0.15, -0.1) is 0 Å². The SMILES string of the molecule is CC1=C(C(=O)OC(C)C)[C@@H](c2ccccc2[N+](=O)[O-])N2C(=O)CCSC2=N1. The zero-order valence-corrected chi connectivity index (χ0v) is 16.0. The second-order valence-corrected chi connectivity index (χ2v) is 7.49. The number of nitrogens with zero attached hydrogens (tertiary/aromatic N) is 3. The van der Waals surface area contributed by atoms with E-state index in [4.69, 9.17) is 4.74 Å². The summed E-state index contributed by atoms with van der Waals surface area (Å²) in [6.07, 6.45) is -0.104. The third-order valence-corrected chi connectivity index (χ3v) is 5.15. The van der Waals surface area contributed by atoms with Crippen molar-refractivity contribution < 1.29 is 19.2 Å². The molecular formula is C18H19N3O5S. The Morgan fingerprint density at radius 1 is 1.41 bits per heavy atom. The standard InChI is InChI=1S/C18H19N3O5S/c1-10(2)26-17(23)15-11(3)19-18-20(14(22)8-9-27-18)16(15)12-6-4-5-7-13(12)21(24)25/h4-7,10,16H,8-9H2,1-3H3/t16-/m1/s1. The molecule has 1 atom stereocenters. The Morgan fingerprint density at radius 2 is 2.11 bits per heavy atom. The molecule has 27 heavy (non-hydrogen) atoms. The topological polar surface area (TPSA) is 102 Å². The zero-order chi connectivity index (χ0) is 19.7. The van der Waals surface area contributed by atoms with Gasteiger partial charge in [-0.1, -0.05) is 23.9 Å². The first-order valence-electron chi connectivity index (χ1n) is 8.50. The number of hydrogen-bond donors (Lipinski definition) is 0. The highest BCUT2D eigenvalue weighted by Crippen LogP contribution is 2.43. The van der Waals surface area contributed by atoms with Crippen molar-refractivity contribution in [1.82, 2.24) is 4.90 Å². The number of carbonyl (C=O) groups is 2. The number of nitro benzene ring substituents is 1. The van der Waals surface area contributed by atoms with E-state index >= 15 is 0 Å². The number of amides is 1. The fourth-order valence-corrected chi connectivity index (χ4v) is 4.12. The molecule has 0 spiro atoms. The first-order chi connectivity index (χ1) is 12.8. The summed E-state index contributed by atoms with van der Waals surface area (Å²) in [4.78, 5) is 42.3. The number of para-hydroxylation sites is 1. The van der Waals surface area contributed by atoms with E-state index in [9.17, 15) is 19.7 Å². The lowest BCUT2D eigenvalue weighted by Crippen LogP contribution is -2.46. The van der Waals surface area contributed by atoms with Crippen molar-refractivity contribution in [3.63, 3.8) is 0 Å². The molecule has 0 saturated carbocycles. The lowest BCUT2D eigenvalue weighted by atomic mass is 9.93. The summed E-state index contributed by atoms with van der Waals surface area (Å²) in [7, 11) is 0. The van der Waals surface area contributed by atoms with Gasteiger partial charge in [-0.2, -0.15) is 0 Å². The molecule has 9 heteroatoms. The number of ether oxygens (including phenoxy) is 1. The summed E-state index contributed by atoms with van der Waals surface area (Å²) in [5.74, 6) is -0.272. The molecule has 2 aliphatic rings. The molecule has 1 saturated heterocycles. The van der Waals surface area contributed by atoms with E-state index in [0.29, 0.717) is 16.6 Å². The second kappa shape index (κ2) is 7.51. The van der Waals surface area contributed by atoms with Crippen LogP contribution in [0.4, 0.5) is 5.69 Å². The lowest BCUT2D eigenvalue weighted by molar-refractivity contribution is -0.385. The number of fused-ring (bicyclic) bond motifs is 1. The average Bonchev–Trinajstić information content (AvgIpc) is 2.60. The van der Waals surface area contributed by atoms with E-state index in [-0.39, 0.29) is 35.3 Å². The van der Waals surface area contributed by atoms with Crippen LogP contribution in [0.3, 0.4) is 0 Å². The minimum Gasteiger partial charge on any atom is -0.459 e. The van der Waals surface area contributed by atoms with Gasteiger partial charge in [0.05, 0.1) is 27.9 Å². The molecule has 1 aromatic rings. The Morgan fingerprint density at radius 3 is 2.78 bits per heavy atom. The molecule has 142 valence electrons. The number of esters is 1. The van der Waals surface area contributed by atoms with Crippen molar-refractivity contribution in [3.05, 3.63) is 51.2 Å². The van der Waals surface area contributed by atoms with Crippen molar-refractivity contribution in [2.75, 3.05) is 5.75 Å². The highest BCUT2D eigenvalue weighted by Gasteiger charge is 2.44. The van der Waals surface area contributed by atoms with Crippen molar-refractivity contribution >= 4 is 34.5 Å². The summed E-state index contributed by atoms with van der Waals surface area (Å²) < 4.78 is 5.35. The Bertz CT molecular complexity index is 878. The van der Waals surface area contributed by atoms with Gasteiger partial charge in [0.25, 0.3) is 5.69 Å². The van der Waals surface area contributed by atoms with Crippen molar-refractivity contribution in [3.8, 4) is 0 Å². The number of carbonyl (C=O) groups excluding carboxylic acids is 2. The average molecular weight is 389 g/mol. The van der Waals surface area contributed by atoms with Crippen LogP contribution in [0.25, 0.3) is 0 Å². The largest absolute Gasteiger partial charge is 0.459 e. The molecule has 3 rings (SSSR count). The predicted octanol–water partition coefficient (Wildman–Crippen LogP) is 3.20. The second-order valence-electron chi connectivity index (χ2n) is 6.43. The summed E-state index contributed by atoms with van der Waals surface area (Å²) in [6, 6.07) is 5.19. The molecule has 0 N–H and O–H groups in total. The zero-order valence-electron chi connectivity index (χ0n) is 15.2. The number of rotatable bonds is 4. The van der Waals surface area contributed by atoms with Crippen LogP contribution in [0.5, 0.6) is 0 Å². The third-order valence-electron chi connectivity index (χ3n) is 4.20. The molecule has 2 aliphatic heterocycles. The highest BCUT2D eigenvalue weighted by atomic mass is 32.2.